The minimum Gasteiger partial charge on any atom is -0.348 e. The molecule has 4 rings (SSSR count). The van der Waals surface area contributed by atoms with Crippen LogP contribution in [0.25, 0.3) is 5.52 Å². The number of fused-ring (bicyclic) bond motifs is 3. The van der Waals surface area contributed by atoms with Gasteiger partial charge in [0, 0.05) is 36.4 Å². The molecule has 2 aromatic rings. The van der Waals surface area contributed by atoms with Crippen LogP contribution < -0.4 is 5.32 Å². The predicted octanol–water partition coefficient (Wildman–Crippen LogP) is 2.42. The molecule has 1 amide bonds. The molecule has 3 atom stereocenters. The highest BCUT2D eigenvalue weighted by Crippen LogP contribution is 2.27. The first-order valence-electron chi connectivity index (χ1n) is 7.49. The Labute approximate surface area is 128 Å². The van der Waals surface area contributed by atoms with Crippen molar-refractivity contribution in [1.29, 1.82) is 0 Å². The quantitative estimate of drug-likeness (QED) is 0.925. The summed E-state index contributed by atoms with van der Waals surface area (Å²) in [6, 6.07) is 7.76. The molecule has 0 aliphatic carbocycles. The van der Waals surface area contributed by atoms with Crippen molar-refractivity contribution in [1.82, 2.24) is 14.6 Å². The molecule has 2 aliphatic heterocycles. The number of carbonyl (C=O) groups excluding carboxylic acids is 1. The second kappa shape index (κ2) is 5.04. The molecule has 0 saturated carbocycles. The summed E-state index contributed by atoms with van der Waals surface area (Å²) in [6.45, 7) is 3.38. The zero-order valence-corrected chi connectivity index (χ0v) is 12.5. The van der Waals surface area contributed by atoms with E-state index in [9.17, 15) is 4.79 Å². The van der Waals surface area contributed by atoms with E-state index < -0.39 is 0 Å². The van der Waals surface area contributed by atoms with Crippen LogP contribution in [0.2, 0.25) is 5.15 Å². The molecule has 110 valence electrons. The van der Waals surface area contributed by atoms with Gasteiger partial charge in [-0.2, -0.15) is 0 Å². The third-order valence-corrected chi connectivity index (χ3v) is 4.98. The van der Waals surface area contributed by atoms with E-state index in [0.29, 0.717) is 10.7 Å². The molecule has 4 heterocycles. The second-order valence-corrected chi connectivity index (χ2v) is 6.57. The summed E-state index contributed by atoms with van der Waals surface area (Å²) < 4.78 is 1.87. The lowest BCUT2D eigenvalue weighted by atomic mass is 9.96. The fourth-order valence-electron chi connectivity index (χ4n) is 3.65. The van der Waals surface area contributed by atoms with E-state index in [4.69, 9.17) is 11.6 Å². The smallest absolute Gasteiger partial charge is 0.251 e. The number of nitrogens with zero attached hydrogens (tertiary/aromatic N) is 2. The number of hydrogen-bond donors (Lipinski definition) is 1. The molecule has 21 heavy (non-hydrogen) atoms. The van der Waals surface area contributed by atoms with Gasteiger partial charge >= 0.3 is 0 Å². The number of rotatable bonds is 2. The normalized spacial score (nSPS) is 28.0. The van der Waals surface area contributed by atoms with Crippen molar-refractivity contribution in [2.24, 2.45) is 5.92 Å². The standard InChI is InChI=1S/C16H18ClN3O/c17-15-2-1-14-8-12(4-6-20(14)15)16(21)18-13-7-11-3-5-19(9-11)10-13/h1-2,4,6,8,11,13H,3,5,7,9-10H2,(H,18,21)/t11?,13-/m1/s1. The molecule has 2 fully saturated rings. The maximum atomic E-state index is 12.4. The van der Waals surface area contributed by atoms with Crippen LogP contribution in [0.5, 0.6) is 0 Å². The molecule has 2 saturated heterocycles. The van der Waals surface area contributed by atoms with Crippen LogP contribution >= 0.6 is 11.6 Å². The van der Waals surface area contributed by atoms with Crippen molar-refractivity contribution >= 4 is 23.0 Å². The van der Waals surface area contributed by atoms with Gasteiger partial charge in [0.15, 0.2) is 0 Å². The first-order valence-corrected chi connectivity index (χ1v) is 7.87. The van der Waals surface area contributed by atoms with Crippen LogP contribution in [0.4, 0.5) is 0 Å². The topological polar surface area (TPSA) is 36.8 Å². The summed E-state index contributed by atoms with van der Waals surface area (Å²) in [6.07, 6.45) is 4.24. The van der Waals surface area contributed by atoms with Gasteiger partial charge in [0.1, 0.15) is 5.15 Å². The van der Waals surface area contributed by atoms with E-state index in [1.165, 1.54) is 19.5 Å². The van der Waals surface area contributed by atoms with E-state index >= 15 is 0 Å². The number of hydrogen-bond acceptors (Lipinski definition) is 2. The second-order valence-electron chi connectivity index (χ2n) is 6.19. The van der Waals surface area contributed by atoms with Crippen molar-refractivity contribution in [2.45, 2.75) is 18.9 Å². The number of piperidine rings is 1. The predicted molar refractivity (Wildman–Crippen MR) is 82.8 cm³/mol. The highest BCUT2D eigenvalue weighted by Gasteiger charge is 2.32. The van der Waals surface area contributed by atoms with Gasteiger partial charge in [-0.3, -0.25) is 4.79 Å². The average molecular weight is 304 g/mol. The Morgan fingerprint density at radius 3 is 3.05 bits per heavy atom. The maximum Gasteiger partial charge on any atom is 0.251 e. The van der Waals surface area contributed by atoms with Crippen molar-refractivity contribution in [2.75, 3.05) is 19.6 Å². The van der Waals surface area contributed by atoms with E-state index in [0.717, 1.165) is 24.4 Å². The summed E-state index contributed by atoms with van der Waals surface area (Å²) in [7, 11) is 0. The van der Waals surface area contributed by atoms with Crippen LogP contribution in [0.3, 0.4) is 0 Å². The molecule has 0 radical (unpaired) electrons. The molecule has 2 aromatic heterocycles. The largest absolute Gasteiger partial charge is 0.348 e. The van der Waals surface area contributed by atoms with Crippen LogP contribution in [0, 0.1) is 5.92 Å². The van der Waals surface area contributed by atoms with Crippen molar-refractivity contribution < 1.29 is 4.79 Å². The average Bonchev–Trinajstić information content (AvgIpc) is 3.02. The minimum absolute atomic E-state index is 0.0160. The number of amides is 1. The molecular formula is C16H18ClN3O. The van der Waals surface area contributed by atoms with Gasteiger partial charge in [0.05, 0.1) is 0 Å². The van der Waals surface area contributed by atoms with Crippen LogP contribution in [-0.4, -0.2) is 40.9 Å². The Morgan fingerprint density at radius 2 is 2.19 bits per heavy atom. The number of halogens is 1. The van der Waals surface area contributed by atoms with Gasteiger partial charge < -0.3 is 14.6 Å². The molecule has 1 N–H and O–H groups in total. The first kappa shape index (κ1) is 13.2. The number of pyridine rings is 1. The summed E-state index contributed by atoms with van der Waals surface area (Å²) in [5, 5.41) is 3.85. The maximum absolute atomic E-state index is 12.4. The van der Waals surface area contributed by atoms with E-state index in [1.807, 2.05) is 34.9 Å². The first-order chi connectivity index (χ1) is 10.2. The SMILES string of the molecule is O=C(N[C@@H]1CC2CCN(C2)C1)c1ccn2c(Cl)ccc2c1. The van der Waals surface area contributed by atoms with E-state index in [-0.39, 0.29) is 11.9 Å². The summed E-state index contributed by atoms with van der Waals surface area (Å²) in [4.78, 5) is 14.9. The third kappa shape index (κ3) is 2.43. The van der Waals surface area contributed by atoms with Gasteiger partial charge in [-0.1, -0.05) is 11.6 Å². The lowest BCUT2D eigenvalue weighted by Crippen LogP contribution is -2.47. The van der Waals surface area contributed by atoms with Crippen LogP contribution in [0.1, 0.15) is 23.2 Å². The molecular weight excluding hydrogens is 286 g/mol. The molecule has 0 aromatic carbocycles. The van der Waals surface area contributed by atoms with E-state index in [1.54, 1.807) is 0 Å². The van der Waals surface area contributed by atoms with Gasteiger partial charge in [0.2, 0.25) is 0 Å². The summed E-state index contributed by atoms with van der Waals surface area (Å²) >= 11 is 6.06. The van der Waals surface area contributed by atoms with Gasteiger partial charge in [-0.15, -0.1) is 0 Å². The van der Waals surface area contributed by atoms with Crippen LogP contribution in [-0.2, 0) is 0 Å². The zero-order valence-electron chi connectivity index (χ0n) is 11.8. The van der Waals surface area contributed by atoms with Gasteiger partial charge in [0.25, 0.3) is 5.91 Å². The summed E-state index contributed by atoms with van der Waals surface area (Å²) in [5.41, 5.74) is 1.64. The monoisotopic (exact) mass is 303 g/mol. The Kier molecular flexibility index (Phi) is 3.16. The fourth-order valence-corrected chi connectivity index (χ4v) is 3.87. The fraction of sp³-hybridized carbons (Fsp3) is 0.438. The number of aromatic nitrogens is 1. The highest BCUT2D eigenvalue weighted by atomic mass is 35.5. The van der Waals surface area contributed by atoms with Crippen LogP contribution in [0.15, 0.2) is 30.5 Å². The zero-order chi connectivity index (χ0) is 14.4. The van der Waals surface area contributed by atoms with Gasteiger partial charge in [-0.05, 0) is 49.6 Å². The number of nitrogens with one attached hydrogen (secondary N) is 1. The lowest BCUT2D eigenvalue weighted by Gasteiger charge is -2.30. The molecule has 2 unspecified atom stereocenters. The Balaban J connectivity index is 1.50. The Morgan fingerprint density at radius 1 is 1.29 bits per heavy atom. The Hall–Kier alpha value is -1.52. The third-order valence-electron chi connectivity index (χ3n) is 4.67. The Bertz CT molecular complexity index is 684. The summed E-state index contributed by atoms with van der Waals surface area (Å²) in [5.74, 6) is 0.776. The molecule has 2 aliphatic rings. The highest BCUT2D eigenvalue weighted by molar-refractivity contribution is 6.30. The number of carbonyl (C=O) groups is 1. The molecule has 5 heteroatoms. The van der Waals surface area contributed by atoms with E-state index in [2.05, 4.69) is 10.2 Å². The minimum atomic E-state index is 0.0160. The van der Waals surface area contributed by atoms with Crippen molar-refractivity contribution in [3.63, 3.8) is 0 Å². The van der Waals surface area contributed by atoms with Crippen molar-refractivity contribution in [3.05, 3.63) is 41.2 Å². The molecule has 2 bridgehead atoms. The lowest BCUT2D eigenvalue weighted by molar-refractivity contribution is 0.0909. The molecule has 0 spiro atoms. The van der Waals surface area contributed by atoms with Crippen molar-refractivity contribution in [3.8, 4) is 0 Å². The molecule has 4 nitrogen and oxygen atoms in total. The van der Waals surface area contributed by atoms with Gasteiger partial charge in [-0.25, -0.2) is 0 Å².